The SMILES string of the molecule is [2H]c1c([2H])c([2H])c(-c2nc(CCOc3ccc(C=O)c4sccc34)c(C)o2)c([2H])c1[2H]. The van der Waals surface area contributed by atoms with Gasteiger partial charge in [0, 0.05) is 27.6 Å². The van der Waals surface area contributed by atoms with Crippen LogP contribution in [0.15, 0.2) is 58.2 Å². The monoisotopic (exact) mass is 368 g/mol. The lowest BCUT2D eigenvalue weighted by Gasteiger charge is -2.07. The molecule has 5 heteroatoms. The summed E-state index contributed by atoms with van der Waals surface area (Å²) in [5, 5.41) is 2.77. The van der Waals surface area contributed by atoms with Crippen molar-refractivity contribution in [3.63, 3.8) is 0 Å². The summed E-state index contributed by atoms with van der Waals surface area (Å²) in [7, 11) is 0. The number of aryl methyl sites for hydroxylation is 1. The van der Waals surface area contributed by atoms with E-state index in [1.165, 1.54) is 11.3 Å². The van der Waals surface area contributed by atoms with Crippen LogP contribution in [0.25, 0.3) is 21.5 Å². The van der Waals surface area contributed by atoms with Crippen molar-refractivity contribution in [1.82, 2.24) is 4.98 Å². The minimum atomic E-state index is -0.462. The van der Waals surface area contributed by atoms with Crippen LogP contribution in [0.3, 0.4) is 0 Å². The standard InChI is InChI=1S/C21H17NO3S/c1-14-18(22-21(25-14)15-5-3-2-4-6-15)9-11-24-19-8-7-16(13-23)20-17(19)10-12-26-20/h2-8,10,12-13H,9,11H2,1H3/i2D,3D,4D,5D,6D. The summed E-state index contributed by atoms with van der Waals surface area (Å²) < 4.78 is 51.9. The quantitative estimate of drug-likeness (QED) is 0.433. The molecule has 0 N–H and O–H groups in total. The Morgan fingerprint density at radius 3 is 2.92 bits per heavy atom. The van der Waals surface area contributed by atoms with E-state index in [4.69, 9.17) is 16.0 Å². The van der Waals surface area contributed by atoms with E-state index in [0.29, 0.717) is 35.8 Å². The molecule has 0 aliphatic rings. The molecule has 26 heavy (non-hydrogen) atoms. The number of hydrogen-bond donors (Lipinski definition) is 0. The average Bonchev–Trinajstić information content (AvgIpc) is 3.38. The van der Waals surface area contributed by atoms with Gasteiger partial charge in [0.05, 0.1) is 19.2 Å². The van der Waals surface area contributed by atoms with Crippen molar-refractivity contribution in [2.75, 3.05) is 6.61 Å². The molecule has 0 aliphatic carbocycles. The Morgan fingerprint density at radius 1 is 1.27 bits per heavy atom. The first-order valence-electron chi connectivity index (χ1n) is 10.4. The first-order chi connectivity index (χ1) is 14.8. The molecule has 0 atom stereocenters. The number of aromatic nitrogens is 1. The molecule has 0 saturated carbocycles. The molecule has 0 amide bonds. The fraction of sp³-hybridized carbons (Fsp3) is 0.143. The maximum atomic E-state index is 11.2. The Kier molecular flexibility index (Phi) is 3.20. The highest BCUT2D eigenvalue weighted by molar-refractivity contribution is 7.17. The number of hydrogen-bond acceptors (Lipinski definition) is 5. The number of nitrogens with zero attached hydrogens (tertiary/aromatic N) is 1. The molecule has 2 aromatic carbocycles. The molecule has 4 rings (SSSR count). The number of fused-ring (bicyclic) bond motifs is 1. The molecule has 0 bridgehead atoms. The van der Waals surface area contributed by atoms with Crippen LogP contribution in [0.2, 0.25) is 0 Å². The van der Waals surface area contributed by atoms with Crippen molar-refractivity contribution >= 4 is 27.7 Å². The predicted octanol–water partition coefficient (Wildman–Crippen LogP) is 5.30. The van der Waals surface area contributed by atoms with Crippen molar-refractivity contribution in [3.05, 3.63) is 70.8 Å². The second kappa shape index (κ2) is 7.14. The highest BCUT2D eigenvalue weighted by atomic mass is 32.1. The van der Waals surface area contributed by atoms with E-state index in [-0.39, 0.29) is 23.5 Å². The highest BCUT2D eigenvalue weighted by Crippen LogP contribution is 2.32. The van der Waals surface area contributed by atoms with Crippen molar-refractivity contribution in [2.45, 2.75) is 13.3 Å². The van der Waals surface area contributed by atoms with Gasteiger partial charge < -0.3 is 9.15 Å². The summed E-state index contributed by atoms with van der Waals surface area (Å²) in [5.41, 5.74) is 1.13. The Bertz CT molecular complexity index is 1290. The van der Waals surface area contributed by atoms with Gasteiger partial charge in [-0.3, -0.25) is 4.79 Å². The van der Waals surface area contributed by atoms with Crippen LogP contribution in [0, 0.1) is 6.92 Å². The van der Waals surface area contributed by atoms with Gasteiger partial charge >= 0.3 is 0 Å². The van der Waals surface area contributed by atoms with Crippen LogP contribution in [0.4, 0.5) is 0 Å². The minimum absolute atomic E-state index is 0.0138. The molecule has 0 radical (unpaired) electrons. The number of rotatable bonds is 6. The second-order valence-electron chi connectivity index (χ2n) is 5.55. The molecule has 0 unspecified atom stereocenters. The van der Waals surface area contributed by atoms with E-state index in [9.17, 15) is 4.79 Å². The molecule has 2 heterocycles. The van der Waals surface area contributed by atoms with Crippen LogP contribution >= 0.6 is 11.3 Å². The lowest BCUT2D eigenvalue weighted by molar-refractivity contribution is 0.112. The van der Waals surface area contributed by atoms with Gasteiger partial charge in [0.1, 0.15) is 11.5 Å². The molecule has 2 aromatic heterocycles. The lowest BCUT2D eigenvalue weighted by Crippen LogP contribution is -2.03. The Hall–Kier alpha value is -2.92. The third-order valence-corrected chi connectivity index (χ3v) is 4.90. The molecule has 0 saturated heterocycles. The van der Waals surface area contributed by atoms with Crippen LogP contribution in [0.5, 0.6) is 5.75 Å². The Morgan fingerprint density at radius 2 is 2.12 bits per heavy atom. The van der Waals surface area contributed by atoms with Gasteiger partial charge in [-0.1, -0.05) is 18.1 Å². The summed E-state index contributed by atoms with van der Waals surface area (Å²) in [4.78, 5) is 15.5. The van der Waals surface area contributed by atoms with Crippen molar-refractivity contribution in [1.29, 1.82) is 0 Å². The maximum absolute atomic E-state index is 11.2. The van der Waals surface area contributed by atoms with Gasteiger partial charge in [-0.15, -0.1) is 11.3 Å². The molecule has 0 aliphatic heterocycles. The van der Waals surface area contributed by atoms with Crippen LogP contribution in [0.1, 0.15) is 28.7 Å². The van der Waals surface area contributed by atoms with Gasteiger partial charge in [-0.05, 0) is 42.6 Å². The summed E-state index contributed by atoms with van der Waals surface area (Å²) in [6.45, 7) is 2.00. The van der Waals surface area contributed by atoms with Crippen molar-refractivity contribution in [2.24, 2.45) is 0 Å². The summed E-state index contributed by atoms with van der Waals surface area (Å²) in [6, 6.07) is 3.34. The van der Waals surface area contributed by atoms with Crippen molar-refractivity contribution < 1.29 is 20.8 Å². The zero-order valence-corrected chi connectivity index (χ0v) is 14.7. The summed E-state index contributed by atoms with van der Waals surface area (Å²) in [6.07, 6.45) is 1.22. The smallest absolute Gasteiger partial charge is 0.226 e. The van der Waals surface area contributed by atoms with Gasteiger partial charge in [-0.2, -0.15) is 0 Å². The number of carbonyl (C=O) groups is 1. The molecule has 130 valence electrons. The highest BCUT2D eigenvalue weighted by Gasteiger charge is 2.12. The fourth-order valence-electron chi connectivity index (χ4n) is 2.66. The first kappa shape index (κ1) is 11.6. The van der Waals surface area contributed by atoms with E-state index in [1.807, 2.05) is 11.4 Å². The summed E-state index contributed by atoms with van der Waals surface area (Å²) in [5.74, 6) is 1.14. The van der Waals surface area contributed by atoms with E-state index in [1.54, 1.807) is 19.1 Å². The molecular formula is C21H17NO3S. The lowest BCUT2D eigenvalue weighted by atomic mass is 10.1. The number of ether oxygens (including phenoxy) is 1. The molecule has 4 aromatic rings. The van der Waals surface area contributed by atoms with Crippen LogP contribution in [-0.2, 0) is 6.42 Å². The largest absolute Gasteiger partial charge is 0.493 e. The zero-order valence-electron chi connectivity index (χ0n) is 18.9. The number of oxazole rings is 1. The maximum Gasteiger partial charge on any atom is 0.226 e. The zero-order chi connectivity index (χ0) is 22.3. The minimum Gasteiger partial charge on any atom is -0.493 e. The summed E-state index contributed by atoms with van der Waals surface area (Å²) >= 11 is 1.47. The Balaban J connectivity index is 1.57. The third kappa shape index (κ3) is 3.13. The average molecular weight is 368 g/mol. The number of benzene rings is 2. The normalized spacial score (nSPS) is 13.7. The van der Waals surface area contributed by atoms with E-state index >= 15 is 0 Å². The number of thiophene rings is 1. The Labute approximate surface area is 162 Å². The van der Waals surface area contributed by atoms with E-state index in [2.05, 4.69) is 4.98 Å². The topological polar surface area (TPSA) is 52.3 Å². The van der Waals surface area contributed by atoms with Gasteiger partial charge in [0.2, 0.25) is 5.89 Å². The molecule has 0 spiro atoms. The van der Waals surface area contributed by atoms with E-state index < -0.39 is 18.1 Å². The van der Waals surface area contributed by atoms with Gasteiger partial charge in [0.15, 0.2) is 6.29 Å². The fourth-order valence-corrected chi connectivity index (χ4v) is 3.55. The van der Waals surface area contributed by atoms with Crippen LogP contribution < -0.4 is 4.74 Å². The van der Waals surface area contributed by atoms with Gasteiger partial charge in [-0.25, -0.2) is 4.98 Å². The molecule has 4 nitrogen and oxygen atoms in total. The molecule has 0 fully saturated rings. The predicted molar refractivity (Wildman–Crippen MR) is 103 cm³/mol. The third-order valence-electron chi connectivity index (χ3n) is 3.94. The van der Waals surface area contributed by atoms with Crippen LogP contribution in [-0.4, -0.2) is 17.9 Å². The van der Waals surface area contributed by atoms with E-state index in [0.717, 1.165) is 16.4 Å². The number of aldehydes is 1. The first-order valence-corrected chi connectivity index (χ1v) is 8.83. The van der Waals surface area contributed by atoms with Crippen molar-refractivity contribution in [3.8, 4) is 17.2 Å². The second-order valence-corrected chi connectivity index (χ2v) is 6.47. The molecular weight excluding hydrogens is 346 g/mol. The van der Waals surface area contributed by atoms with Gasteiger partial charge in [0.25, 0.3) is 0 Å². The number of carbonyl (C=O) groups excluding carboxylic acids is 1.